The van der Waals surface area contributed by atoms with Crippen molar-refractivity contribution in [1.29, 1.82) is 0 Å². The predicted octanol–water partition coefficient (Wildman–Crippen LogP) is 1.76. The predicted molar refractivity (Wildman–Crippen MR) is 64.8 cm³/mol. The van der Waals surface area contributed by atoms with Gasteiger partial charge in [-0.05, 0) is 24.6 Å². The molecule has 0 bridgehead atoms. The zero-order chi connectivity index (χ0) is 12.1. The van der Waals surface area contributed by atoms with Gasteiger partial charge in [0.2, 0.25) is 0 Å². The molecule has 2 rings (SSSR count). The molecule has 4 nitrogen and oxygen atoms in total. The van der Waals surface area contributed by atoms with Crippen LogP contribution >= 0.6 is 0 Å². The first-order valence-corrected chi connectivity index (χ1v) is 5.60. The number of aliphatic hydroxyl groups excluding tert-OH is 1. The summed E-state index contributed by atoms with van der Waals surface area (Å²) in [5.74, 6) is 1.81. The number of nitrogens with zero attached hydrogens (tertiary/aromatic N) is 2. The minimum absolute atomic E-state index is 0.0640. The van der Waals surface area contributed by atoms with E-state index in [-0.39, 0.29) is 6.61 Å². The van der Waals surface area contributed by atoms with Gasteiger partial charge in [0, 0.05) is 12.4 Å². The van der Waals surface area contributed by atoms with E-state index in [1.165, 1.54) is 0 Å². The average molecular weight is 232 g/mol. The summed E-state index contributed by atoms with van der Waals surface area (Å²) in [7, 11) is 0. The molecule has 2 aromatic rings. The van der Waals surface area contributed by atoms with Gasteiger partial charge < -0.3 is 14.4 Å². The zero-order valence-electron chi connectivity index (χ0n) is 9.84. The minimum Gasteiger partial charge on any atom is -0.492 e. The molecule has 17 heavy (non-hydrogen) atoms. The number of hydrogen-bond acceptors (Lipinski definition) is 3. The van der Waals surface area contributed by atoms with Crippen LogP contribution in [0.5, 0.6) is 5.75 Å². The monoisotopic (exact) mass is 232 g/mol. The van der Waals surface area contributed by atoms with Gasteiger partial charge in [-0.3, -0.25) is 0 Å². The van der Waals surface area contributed by atoms with Gasteiger partial charge in [-0.25, -0.2) is 4.98 Å². The van der Waals surface area contributed by atoms with Crippen LogP contribution in [-0.4, -0.2) is 21.3 Å². The second kappa shape index (κ2) is 5.50. The molecule has 1 aromatic carbocycles. The Kier molecular flexibility index (Phi) is 3.77. The van der Waals surface area contributed by atoms with Gasteiger partial charge in [-0.15, -0.1) is 0 Å². The Labute approximate surface area is 100 Å². The van der Waals surface area contributed by atoms with Crippen molar-refractivity contribution in [2.24, 2.45) is 0 Å². The third kappa shape index (κ3) is 3.07. The third-order valence-electron chi connectivity index (χ3n) is 2.63. The Balaban J connectivity index is 1.83. The van der Waals surface area contributed by atoms with Crippen LogP contribution in [0.25, 0.3) is 0 Å². The highest BCUT2D eigenvalue weighted by atomic mass is 16.5. The van der Waals surface area contributed by atoms with Crippen LogP contribution < -0.4 is 4.74 Å². The number of rotatable bonds is 5. The standard InChI is InChI=1S/C13H16N2O2/c1-11-14-6-7-15(11)8-9-17-13-4-2-12(10-16)3-5-13/h2-7,16H,8-10H2,1H3. The SMILES string of the molecule is Cc1nccn1CCOc1ccc(CO)cc1. The van der Waals surface area contributed by atoms with Crippen LogP contribution in [0.4, 0.5) is 0 Å². The summed E-state index contributed by atoms with van der Waals surface area (Å²) in [4.78, 5) is 4.14. The summed E-state index contributed by atoms with van der Waals surface area (Å²) >= 11 is 0. The fraction of sp³-hybridized carbons (Fsp3) is 0.308. The molecule has 0 radical (unpaired) electrons. The summed E-state index contributed by atoms with van der Waals surface area (Å²) in [5.41, 5.74) is 0.891. The van der Waals surface area contributed by atoms with Crippen molar-refractivity contribution in [3.63, 3.8) is 0 Å². The van der Waals surface area contributed by atoms with E-state index in [2.05, 4.69) is 4.98 Å². The van der Waals surface area contributed by atoms with Gasteiger partial charge >= 0.3 is 0 Å². The number of hydrogen-bond donors (Lipinski definition) is 1. The summed E-state index contributed by atoms with van der Waals surface area (Å²) in [6.45, 7) is 3.42. The van der Waals surface area contributed by atoms with Gasteiger partial charge in [0.1, 0.15) is 18.2 Å². The highest BCUT2D eigenvalue weighted by molar-refractivity contribution is 5.26. The Morgan fingerprint density at radius 1 is 1.29 bits per heavy atom. The molecule has 1 N–H and O–H groups in total. The summed E-state index contributed by atoms with van der Waals surface area (Å²) in [6.07, 6.45) is 3.72. The number of benzene rings is 1. The Hall–Kier alpha value is -1.81. The van der Waals surface area contributed by atoms with Crippen molar-refractivity contribution in [1.82, 2.24) is 9.55 Å². The Morgan fingerprint density at radius 3 is 2.65 bits per heavy atom. The molecule has 0 spiro atoms. The topological polar surface area (TPSA) is 47.3 Å². The van der Waals surface area contributed by atoms with E-state index < -0.39 is 0 Å². The van der Waals surface area contributed by atoms with Crippen LogP contribution in [0.2, 0.25) is 0 Å². The number of imidazole rings is 1. The smallest absolute Gasteiger partial charge is 0.119 e. The molecule has 0 unspecified atom stereocenters. The van der Waals surface area contributed by atoms with Crippen LogP contribution in [0.3, 0.4) is 0 Å². The summed E-state index contributed by atoms with van der Waals surface area (Å²) < 4.78 is 7.65. The zero-order valence-corrected chi connectivity index (χ0v) is 9.84. The van der Waals surface area contributed by atoms with Crippen molar-refractivity contribution >= 4 is 0 Å². The molecule has 1 heterocycles. The lowest BCUT2D eigenvalue weighted by Gasteiger charge is -2.08. The second-order valence-electron chi connectivity index (χ2n) is 3.82. The van der Waals surface area contributed by atoms with E-state index in [0.717, 1.165) is 23.7 Å². The Morgan fingerprint density at radius 2 is 2.06 bits per heavy atom. The van der Waals surface area contributed by atoms with E-state index in [0.29, 0.717) is 6.61 Å². The lowest BCUT2D eigenvalue weighted by atomic mass is 10.2. The van der Waals surface area contributed by atoms with Crippen LogP contribution in [0.15, 0.2) is 36.7 Å². The molecule has 4 heteroatoms. The Bertz CT molecular complexity index is 463. The van der Waals surface area contributed by atoms with E-state index in [9.17, 15) is 0 Å². The van der Waals surface area contributed by atoms with Crippen LogP contribution in [-0.2, 0) is 13.2 Å². The van der Waals surface area contributed by atoms with Crippen molar-refractivity contribution < 1.29 is 9.84 Å². The van der Waals surface area contributed by atoms with E-state index in [1.54, 1.807) is 6.20 Å². The average Bonchev–Trinajstić information content (AvgIpc) is 2.76. The molecular formula is C13H16N2O2. The summed E-state index contributed by atoms with van der Waals surface area (Å²) in [5, 5.41) is 8.91. The highest BCUT2D eigenvalue weighted by Crippen LogP contribution is 2.12. The molecule has 0 aliphatic carbocycles. The quantitative estimate of drug-likeness (QED) is 0.854. The first-order chi connectivity index (χ1) is 8.29. The normalized spacial score (nSPS) is 10.5. The van der Waals surface area contributed by atoms with Crippen LogP contribution in [0.1, 0.15) is 11.4 Å². The number of aryl methyl sites for hydroxylation is 1. The summed E-state index contributed by atoms with van der Waals surface area (Å²) in [6, 6.07) is 7.45. The molecule has 0 amide bonds. The van der Waals surface area contributed by atoms with E-state index in [4.69, 9.17) is 9.84 Å². The molecule has 90 valence electrons. The molecule has 0 saturated heterocycles. The molecule has 0 fully saturated rings. The largest absolute Gasteiger partial charge is 0.492 e. The molecule has 0 saturated carbocycles. The van der Waals surface area contributed by atoms with Gasteiger partial charge in [0.25, 0.3) is 0 Å². The number of aliphatic hydroxyl groups is 1. The van der Waals surface area contributed by atoms with E-state index in [1.807, 2.05) is 42.0 Å². The van der Waals surface area contributed by atoms with E-state index >= 15 is 0 Å². The van der Waals surface area contributed by atoms with Gasteiger partial charge in [0.05, 0.1) is 13.2 Å². The molecule has 1 aromatic heterocycles. The highest BCUT2D eigenvalue weighted by Gasteiger charge is 1.98. The third-order valence-corrected chi connectivity index (χ3v) is 2.63. The molecule has 0 atom stereocenters. The molecule has 0 aliphatic rings. The molecule has 0 aliphatic heterocycles. The fourth-order valence-corrected chi connectivity index (χ4v) is 1.59. The van der Waals surface area contributed by atoms with Crippen LogP contribution in [0, 0.1) is 6.92 Å². The number of ether oxygens (including phenoxy) is 1. The first-order valence-electron chi connectivity index (χ1n) is 5.60. The first kappa shape index (κ1) is 11.7. The maximum Gasteiger partial charge on any atom is 0.119 e. The molecular weight excluding hydrogens is 216 g/mol. The fourth-order valence-electron chi connectivity index (χ4n) is 1.59. The second-order valence-corrected chi connectivity index (χ2v) is 3.82. The van der Waals surface area contributed by atoms with Gasteiger partial charge in [-0.1, -0.05) is 12.1 Å². The van der Waals surface area contributed by atoms with Gasteiger partial charge in [-0.2, -0.15) is 0 Å². The van der Waals surface area contributed by atoms with Gasteiger partial charge in [0.15, 0.2) is 0 Å². The lowest BCUT2D eigenvalue weighted by molar-refractivity contribution is 0.280. The van der Waals surface area contributed by atoms with Crippen molar-refractivity contribution in [3.8, 4) is 5.75 Å². The lowest BCUT2D eigenvalue weighted by Crippen LogP contribution is -2.08. The van der Waals surface area contributed by atoms with Crippen molar-refractivity contribution in [2.75, 3.05) is 6.61 Å². The van der Waals surface area contributed by atoms with Crippen molar-refractivity contribution in [3.05, 3.63) is 48.0 Å². The van der Waals surface area contributed by atoms with Crippen molar-refractivity contribution in [2.45, 2.75) is 20.1 Å². The number of aromatic nitrogens is 2. The maximum absolute atomic E-state index is 8.91. The maximum atomic E-state index is 8.91. The minimum atomic E-state index is 0.0640.